The van der Waals surface area contributed by atoms with Crippen molar-refractivity contribution < 1.29 is 19.0 Å². The molecule has 0 fully saturated rings. The van der Waals surface area contributed by atoms with Crippen molar-refractivity contribution in [3.63, 3.8) is 0 Å². The van der Waals surface area contributed by atoms with Gasteiger partial charge in [-0.05, 0) is 58.9 Å². The molecule has 0 aliphatic rings. The monoisotopic (exact) mass is 454 g/mol. The van der Waals surface area contributed by atoms with Crippen LogP contribution in [-0.4, -0.2) is 11.1 Å². The molecule has 1 atom stereocenters. The summed E-state index contributed by atoms with van der Waals surface area (Å²) in [4.78, 5) is 12.0. The van der Waals surface area contributed by atoms with Crippen molar-refractivity contribution in [2.24, 2.45) is 0 Å². The van der Waals surface area contributed by atoms with E-state index in [-0.39, 0.29) is 12.0 Å². The smallest absolute Gasteiger partial charge is 0.336 e. The van der Waals surface area contributed by atoms with E-state index in [0.717, 1.165) is 16.7 Å². The van der Waals surface area contributed by atoms with Crippen molar-refractivity contribution >= 4 is 13.6 Å². The van der Waals surface area contributed by atoms with Crippen molar-refractivity contribution in [1.82, 2.24) is 0 Å². The Bertz CT molecular complexity index is 1350. The quantitative estimate of drug-likeness (QED) is 0.305. The predicted octanol–water partition coefficient (Wildman–Crippen LogP) is 7.02. The zero-order chi connectivity index (χ0) is 23.4. The Hall–Kier alpha value is -3.75. The van der Waals surface area contributed by atoms with Gasteiger partial charge in [-0.15, -0.1) is 0 Å². The fraction of sp³-hybridized carbons (Fsp3) is 0.107. The number of hydrogen-bond acceptors (Lipinski definition) is 3. The van der Waals surface area contributed by atoms with Gasteiger partial charge < -0.3 is 5.11 Å². The van der Waals surface area contributed by atoms with Crippen LogP contribution in [-0.2, 0) is 20.7 Å². The lowest BCUT2D eigenvalue weighted by Gasteiger charge is -2.29. The highest BCUT2D eigenvalue weighted by Gasteiger charge is 2.41. The van der Waals surface area contributed by atoms with E-state index in [0.29, 0.717) is 16.7 Å². The molecule has 0 aliphatic heterocycles. The van der Waals surface area contributed by atoms with Crippen molar-refractivity contribution in [3.8, 4) is 11.1 Å². The topological polar surface area (TPSA) is 71.4 Å². The maximum absolute atomic E-state index is 13.1. The molecule has 164 valence electrons. The van der Waals surface area contributed by atoms with Gasteiger partial charge >= 0.3 is 13.6 Å². The third kappa shape index (κ3) is 4.30. The molecule has 4 rings (SSSR count). The molecule has 4 aromatic carbocycles. The number of benzene rings is 4. The molecule has 0 bridgehead atoms. The number of carboxylic acid groups (broad SMARTS) is 1. The van der Waals surface area contributed by atoms with Gasteiger partial charge in [0.2, 0.25) is 0 Å². The summed E-state index contributed by atoms with van der Waals surface area (Å²) in [6.45, 7) is 1.91. The van der Waals surface area contributed by atoms with Crippen LogP contribution in [0, 0.1) is 6.92 Å². The number of hydrogen-bond donors (Lipinski definition) is 1. The van der Waals surface area contributed by atoms with Gasteiger partial charge in [-0.2, -0.15) is 0 Å². The normalized spacial score (nSPS) is 12.6. The Kier molecular flexibility index (Phi) is 6.39. The largest absolute Gasteiger partial charge is 0.478 e. The summed E-state index contributed by atoms with van der Waals surface area (Å²) < 4.78 is 26.2. The average Bonchev–Trinajstić information content (AvgIpc) is 2.83. The van der Waals surface area contributed by atoms with E-state index >= 15 is 0 Å². The highest BCUT2D eigenvalue weighted by molar-refractivity contribution is 7.32. The second kappa shape index (κ2) is 9.40. The van der Waals surface area contributed by atoms with Gasteiger partial charge in [0.1, 0.15) is 5.16 Å². The lowest BCUT2D eigenvalue weighted by atomic mass is 9.82. The molecule has 0 spiro atoms. The molecule has 33 heavy (non-hydrogen) atoms. The van der Waals surface area contributed by atoms with Gasteiger partial charge in [0.15, 0.2) is 0 Å². The van der Waals surface area contributed by atoms with Crippen LogP contribution in [0.15, 0.2) is 103 Å². The maximum Gasteiger partial charge on any atom is 0.336 e. The van der Waals surface area contributed by atoms with Gasteiger partial charge in [-0.3, -0.25) is 0 Å². The van der Waals surface area contributed by atoms with Crippen LogP contribution in [0.25, 0.3) is 11.1 Å². The molecule has 0 saturated carbocycles. The van der Waals surface area contributed by atoms with Crippen molar-refractivity contribution in [3.05, 3.63) is 131 Å². The van der Waals surface area contributed by atoms with Crippen LogP contribution in [0.5, 0.6) is 0 Å². The maximum atomic E-state index is 13.1. The van der Waals surface area contributed by atoms with Gasteiger partial charge in [0, 0.05) is 0 Å². The minimum Gasteiger partial charge on any atom is -0.478 e. The molecule has 1 N–H and O–H groups in total. The van der Waals surface area contributed by atoms with Crippen molar-refractivity contribution in [2.75, 3.05) is 0 Å². The standard InChI is InChI=1S/C28H23O4P/c1-20-10-8-9-15-24(20)26-18-23(16-17-25(26)27(29)30)28(33(31)32,22-13-6-3-7-14-22)19-21-11-4-2-5-12-21/h2-18H,19H2,1H3,(H,29,30). The van der Waals surface area contributed by atoms with Gasteiger partial charge in [0.25, 0.3) is 0 Å². The average molecular weight is 454 g/mol. The van der Waals surface area contributed by atoms with E-state index in [1.807, 2.05) is 91.9 Å². The Morgan fingerprint density at radius 1 is 0.758 bits per heavy atom. The van der Waals surface area contributed by atoms with E-state index in [4.69, 9.17) is 0 Å². The van der Waals surface area contributed by atoms with Crippen molar-refractivity contribution in [2.45, 2.75) is 18.5 Å². The van der Waals surface area contributed by atoms with E-state index in [9.17, 15) is 19.0 Å². The first-order valence-electron chi connectivity index (χ1n) is 10.6. The SMILES string of the molecule is Cc1ccccc1-c1cc(C(Cc2ccccc2)(c2ccccc2)P(=O)=O)ccc1C(=O)O. The number of rotatable bonds is 7. The zero-order valence-electron chi connectivity index (χ0n) is 18.1. The summed E-state index contributed by atoms with van der Waals surface area (Å²) in [7, 11) is -2.99. The highest BCUT2D eigenvalue weighted by Crippen LogP contribution is 2.49. The molecule has 0 radical (unpaired) electrons. The molecule has 0 aliphatic carbocycles. The van der Waals surface area contributed by atoms with E-state index in [1.165, 1.54) is 6.07 Å². The van der Waals surface area contributed by atoms with E-state index in [1.54, 1.807) is 12.1 Å². The Balaban J connectivity index is 2.03. The number of carbonyl (C=O) groups is 1. The molecule has 0 heterocycles. The molecule has 0 aromatic heterocycles. The zero-order valence-corrected chi connectivity index (χ0v) is 19.0. The molecule has 0 saturated heterocycles. The second-order valence-electron chi connectivity index (χ2n) is 8.03. The van der Waals surface area contributed by atoms with Gasteiger partial charge in [0.05, 0.1) is 5.56 Å². The van der Waals surface area contributed by atoms with Crippen LogP contribution in [0.4, 0.5) is 0 Å². The molecule has 1 unspecified atom stereocenters. The molecular weight excluding hydrogens is 431 g/mol. The third-order valence-electron chi connectivity index (χ3n) is 6.03. The lowest BCUT2D eigenvalue weighted by molar-refractivity contribution is 0.0697. The predicted molar refractivity (Wildman–Crippen MR) is 129 cm³/mol. The lowest BCUT2D eigenvalue weighted by Crippen LogP contribution is -2.25. The Morgan fingerprint density at radius 3 is 1.97 bits per heavy atom. The highest BCUT2D eigenvalue weighted by atomic mass is 31.1. The first-order chi connectivity index (χ1) is 15.9. The molecule has 4 aromatic rings. The number of aryl methyl sites for hydroxylation is 1. The number of carboxylic acids is 1. The van der Waals surface area contributed by atoms with Crippen LogP contribution >= 0.6 is 7.68 Å². The second-order valence-corrected chi connectivity index (χ2v) is 9.30. The summed E-state index contributed by atoms with van der Waals surface area (Å²) in [6.07, 6.45) is 0.232. The summed E-state index contributed by atoms with van der Waals surface area (Å²) in [5.74, 6) is -1.06. The minimum atomic E-state index is -2.99. The summed E-state index contributed by atoms with van der Waals surface area (Å²) in [5, 5.41) is 8.50. The molecule has 5 heteroatoms. The van der Waals surface area contributed by atoms with Gasteiger partial charge in [-0.25, -0.2) is 13.9 Å². The van der Waals surface area contributed by atoms with E-state index in [2.05, 4.69) is 0 Å². The summed E-state index contributed by atoms with van der Waals surface area (Å²) in [6, 6.07) is 31.0. The van der Waals surface area contributed by atoms with Crippen molar-refractivity contribution in [1.29, 1.82) is 0 Å². The molecule has 4 nitrogen and oxygen atoms in total. The summed E-state index contributed by atoms with van der Waals surface area (Å²) >= 11 is 0. The molecular formula is C28H23O4P. The minimum absolute atomic E-state index is 0.135. The first kappa shape index (κ1) is 22.4. The number of aromatic carboxylic acids is 1. The van der Waals surface area contributed by atoms with Crippen LogP contribution in [0.1, 0.15) is 32.6 Å². The third-order valence-corrected chi connectivity index (χ3v) is 7.33. The first-order valence-corrected chi connectivity index (χ1v) is 11.8. The fourth-order valence-electron chi connectivity index (χ4n) is 4.34. The van der Waals surface area contributed by atoms with E-state index < -0.39 is 18.8 Å². The Labute approximate surface area is 193 Å². The molecule has 0 amide bonds. The fourth-order valence-corrected chi connectivity index (χ4v) is 5.36. The van der Waals surface area contributed by atoms with Crippen LogP contribution in [0.3, 0.4) is 0 Å². The van der Waals surface area contributed by atoms with Gasteiger partial charge in [-0.1, -0.05) is 91.0 Å². The Morgan fingerprint density at radius 2 is 1.36 bits per heavy atom. The van der Waals surface area contributed by atoms with Crippen LogP contribution < -0.4 is 0 Å². The van der Waals surface area contributed by atoms with Crippen LogP contribution in [0.2, 0.25) is 0 Å². The summed E-state index contributed by atoms with van der Waals surface area (Å²) in [5.41, 5.74) is 4.37.